The third-order valence-corrected chi connectivity index (χ3v) is 5.37. The Kier molecular flexibility index (Phi) is 5.42. The van der Waals surface area contributed by atoms with Gasteiger partial charge in [0, 0.05) is 10.0 Å². The van der Waals surface area contributed by atoms with Gasteiger partial charge in [-0.3, -0.25) is 9.89 Å². The number of carbonyl (C=O) groups excluding carboxylic acids is 1. The summed E-state index contributed by atoms with van der Waals surface area (Å²) in [6.45, 7) is 0. The minimum atomic E-state index is -3.92. The van der Waals surface area contributed by atoms with E-state index in [0.717, 1.165) is 0 Å². The van der Waals surface area contributed by atoms with Crippen molar-refractivity contribution >= 4 is 49.5 Å². The number of amides is 1. The Bertz CT molecular complexity index is 1130. The molecule has 1 amide bonds. The summed E-state index contributed by atoms with van der Waals surface area (Å²) < 4.78 is 27.2. The lowest BCUT2D eigenvalue weighted by Crippen LogP contribution is -2.16. The van der Waals surface area contributed by atoms with E-state index in [1.54, 1.807) is 6.07 Å². The van der Waals surface area contributed by atoms with Gasteiger partial charge in [0.05, 0.1) is 16.1 Å². The molecule has 1 heterocycles. The van der Waals surface area contributed by atoms with E-state index in [1.807, 2.05) is 0 Å². The second-order valence-corrected chi connectivity index (χ2v) is 8.00. The molecule has 0 radical (unpaired) electrons. The summed E-state index contributed by atoms with van der Waals surface area (Å²) in [6, 6.07) is 9.50. The fraction of sp³-hybridized carbons (Fsp3) is 0. The van der Waals surface area contributed by atoms with Crippen LogP contribution in [0.1, 0.15) is 20.7 Å². The van der Waals surface area contributed by atoms with Crippen molar-refractivity contribution in [3.8, 4) is 0 Å². The number of hydrogen-bond acceptors (Lipinski definition) is 6. The molecule has 0 bridgehead atoms. The third kappa shape index (κ3) is 4.35. The van der Waals surface area contributed by atoms with Crippen molar-refractivity contribution in [3.05, 3.63) is 64.4 Å². The van der Waals surface area contributed by atoms with Crippen molar-refractivity contribution in [1.29, 1.82) is 0 Å². The van der Waals surface area contributed by atoms with Gasteiger partial charge in [0.25, 0.3) is 21.9 Å². The fourth-order valence-electron chi connectivity index (χ4n) is 2.22. The number of H-pyrrole nitrogens is 1. The smallest absolute Gasteiger partial charge is 0.337 e. The van der Waals surface area contributed by atoms with Crippen LogP contribution in [-0.4, -0.2) is 40.6 Å². The number of rotatable bonds is 6. The monoisotopic (exact) mass is 465 g/mol. The molecular weight excluding hydrogens is 454 g/mol. The normalized spacial score (nSPS) is 11.0. The van der Waals surface area contributed by atoms with Gasteiger partial charge >= 0.3 is 5.97 Å². The molecule has 1 aromatic heterocycles. The number of carboxylic acid groups (broad SMARTS) is 1. The molecule has 0 aliphatic rings. The maximum absolute atomic E-state index is 12.4. The van der Waals surface area contributed by atoms with E-state index in [1.165, 1.54) is 42.7 Å². The Morgan fingerprint density at radius 3 is 2.43 bits per heavy atom. The number of carbonyl (C=O) groups is 2. The predicted molar refractivity (Wildman–Crippen MR) is 103 cm³/mol. The minimum absolute atomic E-state index is 0.0855. The number of aromatic carboxylic acids is 1. The van der Waals surface area contributed by atoms with E-state index in [4.69, 9.17) is 0 Å². The maximum Gasteiger partial charge on any atom is 0.337 e. The Morgan fingerprint density at radius 1 is 1.11 bits per heavy atom. The molecule has 4 N–H and O–H groups in total. The molecule has 0 spiro atoms. The molecule has 3 rings (SSSR count). The Labute approximate surface area is 167 Å². The number of aromatic amines is 1. The Hall–Kier alpha value is -3.25. The van der Waals surface area contributed by atoms with Crippen LogP contribution in [0.3, 0.4) is 0 Å². The zero-order valence-electron chi connectivity index (χ0n) is 13.9. The SMILES string of the molecule is O=C(Nc1ccc(Br)cc1C(=O)O)c1ccc(S(=O)(=O)Nc2nc[nH]n2)cc1. The second kappa shape index (κ2) is 7.78. The molecule has 28 heavy (non-hydrogen) atoms. The second-order valence-electron chi connectivity index (χ2n) is 5.40. The van der Waals surface area contributed by atoms with Gasteiger partial charge in [-0.2, -0.15) is 4.98 Å². The molecule has 3 aromatic rings. The van der Waals surface area contributed by atoms with Gasteiger partial charge < -0.3 is 10.4 Å². The van der Waals surface area contributed by atoms with E-state index >= 15 is 0 Å². The van der Waals surface area contributed by atoms with Crippen LogP contribution >= 0.6 is 15.9 Å². The van der Waals surface area contributed by atoms with E-state index in [9.17, 15) is 23.1 Å². The van der Waals surface area contributed by atoms with Crippen molar-refractivity contribution in [3.63, 3.8) is 0 Å². The first-order valence-corrected chi connectivity index (χ1v) is 9.87. The summed E-state index contributed by atoms with van der Waals surface area (Å²) >= 11 is 3.17. The Balaban J connectivity index is 1.78. The van der Waals surface area contributed by atoms with Crippen molar-refractivity contribution in [2.45, 2.75) is 4.90 Å². The minimum Gasteiger partial charge on any atom is -0.478 e. The lowest BCUT2D eigenvalue weighted by molar-refractivity contribution is 0.0698. The van der Waals surface area contributed by atoms with Crippen LogP contribution in [0, 0.1) is 0 Å². The molecule has 0 aliphatic heterocycles. The number of nitrogens with one attached hydrogen (secondary N) is 3. The summed E-state index contributed by atoms with van der Waals surface area (Å²) in [7, 11) is -3.92. The number of benzene rings is 2. The molecule has 2 aromatic carbocycles. The Morgan fingerprint density at radius 2 is 1.82 bits per heavy atom. The van der Waals surface area contributed by atoms with Gasteiger partial charge in [0.1, 0.15) is 6.33 Å². The lowest BCUT2D eigenvalue weighted by Gasteiger charge is -2.10. The number of hydrogen-bond donors (Lipinski definition) is 4. The van der Waals surface area contributed by atoms with Crippen molar-refractivity contribution in [1.82, 2.24) is 15.2 Å². The first kappa shape index (κ1) is 19.5. The van der Waals surface area contributed by atoms with Crippen LogP contribution < -0.4 is 10.0 Å². The van der Waals surface area contributed by atoms with Crippen LogP contribution in [0.15, 0.2) is 58.2 Å². The zero-order valence-corrected chi connectivity index (χ0v) is 16.3. The highest BCUT2D eigenvalue weighted by atomic mass is 79.9. The van der Waals surface area contributed by atoms with E-state index in [0.29, 0.717) is 4.47 Å². The molecule has 144 valence electrons. The molecule has 0 fully saturated rings. The number of anilines is 2. The molecule has 0 saturated carbocycles. The average molecular weight is 466 g/mol. The lowest BCUT2D eigenvalue weighted by atomic mass is 10.1. The molecule has 12 heteroatoms. The number of halogens is 1. The predicted octanol–water partition coefficient (Wildman–Crippen LogP) is 2.32. The van der Waals surface area contributed by atoms with E-state index < -0.39 is 21.9 Å². The molecule has 0 atom stereocenters. The van der Waals surface area contributed by atoms with Gasteiger partial charge in [-0.05, 0) is 42.5 Å². The van der Waals surface area contributed by atoms with Gasteiger partial charge in [0.15, 0.2) is 0 Å². The molecular formula is C16H12BrN5O5S. The van der Waals surface area contributed by atoms with Crippen LogP contribution in [0.25, 0.3) is 0 Å². The standard InChI is InChI=1S/C16H12BrN5O5S/c17-10-3-6-13(12(7-10)15(24)25)20-14(23)9-1-4-11(5-2-9)28(26,27)22-16-18-8-19-21-16/h1-8H,(H,20,23)(H,24,25)(H2,18,19,21,22). The first-order chi connectivity index (χ1) is 13.3. The van der Waals surface area contributed by atoms with Gasteiger partial charge in [0.2, 0.25) is 0 Å². The average Bonchev–Trinajstić information content (AvgIpc) is 3.15. The zero-order chi connectivity index (χ0) is 20.3. The highest BCUT2D eigenvalue weighted by molar-refractivity contribution is 9.10. The molecule has 0 unspecified atom stereocenters. The summed E-state index contributed by atoms with van der Waals surface area (Å²) in [5.41, 5.74) is 0.178. The highest BCUT2D eigenvalue weighted by Gasteiger charge is 2.18. The number of nitrogens with zero attached hydrogens (tertiary/aromatic N) is 2. The van der Waals surface area contributed by atoms with Crippen LogP contribution in [0.4, 0.5) is 11.6 Å². The van der Waals surface area contributed by atoms with Crippen LogP contribution in [0.2, 0.25) is 0 Å². The summed E-state index contributed by atoms with van der Waals surface area (Å²) in [6.07, 6.45) is 1.22. The van der Waals surface area contributed by atoms with Crippen molar-refractivity contribution in [2.24, 2.45) is 0 Å². The van der Waals surface area contributed by atoms with Gasteiger partial charge in [-0.15, -0.1) is 5.10 Å². The van der Waals surface area contributed by atoms with E-state index in [2.05, 4.69) is 41.2 Å². The number of sulfonamides is 1. The van der Waals surface area contributed by atoms with Crippen LogP contribution in [0.5, 0.6) is 0 Å². The fourth-order valence-corrected chi connectivity index (χ4v) is 3.53. The maximum atomic E-state index is 12.4. The van der Waals surface area contributed by atoms with Gasteiger partial charge in [-0.25, -0.2) is 17.9 Å². The quantitative estimate of drug-likeness (QED) is 0.435. The summed E-state index contributed by atoms with van der Waals surface area (Å²) in [5.74, 6) is -1.90. The van der Waals surface area contributed by atoms with Crippen molar-refractivity contribution in [2.75, 3.05) is 10.0 Å². The first-order valence-electron chi connectivity index (χ1n) is 7.59. The highest BCUT2D eigenvalue weighted by Crippen LogP contribution is 2.22. The third-order valence-electron chi connectivity index (χ3n) is 3.53. The molecule has 0 aliphatic carbocycles. The number of aromatic nitrogens is 3. The molecule has 0 saturated heterocycles. The van der Waals surface area contributed by atoms with Crippen molar-refractivity contribution < 1.29 is 23.1 Å². The molecule has 10 nitrogen and oxygen atoms in total. The van der Waals surface area contributed by atoms with Crippen LogP contribution in [-0.2, 0) is 10.0 Å². The topological polar surface area (TPSA) is 154 Å². The summed E-state index contributed by atoms with van der Waals surface area (Å²) in [4.78, 5) is 27.3. The van der Waals surface area contributed by atoms with E-state index in [-0.39, 0.29) is 27.7 Å². The number of carboxylic acids is 1. The summed E-state index contributed by atoms with van der Waals surface area (Å²) in [5, 5.41) is 17.7. The van der Waals surface area contributed by atoms with Gasteiger partial charge in [-0.1, -0.05) is 15.9 Å². The largest absolute Gasteiger partial charge is 0.478 e.